The summed E-state index contributed by atoms with van der Waals surface area (Å²) >= 11 is 0. The predicted octanol–water partition coefficient (Wildman–Crippen LogP) is 4.55. The first kappa shape index (κ1) is 23.2. The Bertz CT molecular complexity index is 1530. The van der Waals surface area contributed by atoms with Crippen LogP contribution in [-0.4, -0.2) is 31.1 Å². The molecule has 8 nitrogen and oxygen atoms in total. The Morgan fingerprint density at radius 1 is 1.03 bits per heavy atom. The quantitative estimate of drug-likeness (QED) is 0.404. The zero-order valence-electron chi connectivity index (χ0n) is 19.8. The van der Waals surface area contributed by atoms with Crippen LogP contribution in [0.1, 0.15) is 22.8 Å². The fourth-order valence-corrected chi connectivity index (χ4v) is 4.10. The van der Waals surface area contributed by atoms with Gasteiger partial charge in [-0.3, -0.25) is 9.59 Å². The van der Waals surface area contributed by atoms with Crippen molar-refractivity contribution in [2.45, 2.75) is 20.0 Å². The molecule has 0 fully saturated rings. The minimum Gasteiger partial charge on any atom is -0.492 e. The summed E-state index contributed by atoms with van der Waals surface area (Å²) in [6.07, 6.45) is -0.699. The van der Waals surface area contributed by atoms with Crippen molar-refractivity contribution in [2.24, 2.45) is 0 Å². The van der Waals surface area contributed by atoms with Gasteiger partial charge in [0.05, 0.1) is 12.2 Å². The summed E-state index contributed by atoms with van der Waals surface area (Å²) in [5.74, 6) is 0.403. The second kappa shape index (κ2) is 9.58. The summed E-state index contributed by atoms with van der Waals surface area (Å²) < 4.78 is 16.9. The van der Waals surface area contributed by atoms with Gasteiger partial charge in [-0.2, -0.15) is 0 Å². The number of nitrogens with one attached hydrogen (secondary N) is 1. The number of carbonyl (C=O) groups is 2. The average molecular weight is 485 g/mol. The maximum atomic E-state index is 12.8. The van der Waals surface area contributed by atoms with Crippen LogP contribution >= 0.6 is 0 Å². The van der Waals surface area contributed by atoms with E-state index in [0.29, 0.717) is 41.2 Å². The minimum absolute atomic E-state index is 0.106. The van der Waals surface area contributed by atoms with Crippen LogP contribution in [0.5, 0.6) is 11.5 Å². The first-order chi connectivity index (χ1) is 17.4. The van der Waals surface area contributed by atoms with Crippen LogP contribution in [0.25, 0.3) is 11.0 Å². The molecule has 1 N–H and O–H groups in total. The standard InChI is InChI=1S/C28H24N2O6/c1-17-6-5-8-21(14-17)34-13-12-30-23-11-10-20(16-25(23)35-18(2)27(30)32)29-26(31)22-15-19-7-3-4-9-24(19)36-28(22)33/h3-11,14-16,18H,12-13H2,1-2H3,(H,29,31). The van der Waals surface area contributed by atoms with Gasteiger partial charge in [-0.05, 0) is 55.8 Å². The molecule has 0 bridgehead atoms. The SMILES string of the molecule is Cc1cccc(OCCN2C(=O)C(C)Oc3cc(NC(=O)c4cc5ccccc5oc4=O)ccc32)c1. The van der Waals surface area contributed by atoms with Crippen molar-refractivity contribution >= 4 is 34.2 Å². The Morgan fingerprint density at radius 3 is 2.69 bits per heavy atom. The fraction of sp³-hybridized carbons (Fsp3) is 0.179. The summed E-state index contributed by atoms with van der Waals surface area (Å²) in [6, 6.07) is 21.2. The van der Waals surface area contributed by atoms with Crippen molar-refractivity contribution in [3.8, 4) is 11.5 Å². The van der Waals surface area contributed by atoms with Crippen LogP contribution in [0.4, 0.5) is 11.4 Å². The monoisotopic (exact) mass is 484 g/mol. The van der Waals surface area contributed by atoms with E-state index >= 15 is 0 Å². The molecule has 1 aromatic heterocycles. The van der Waals surface area contributed by atoms with Gasteiger partial charge < -0.3 is 24.1 Å². The highest BCUT2D eigenvalue weighted by Crippen LogP contribution is 2.36. The van der Waals surface area contributed by atoms with Gasteiger partial charge in [-0.15, -0.1) is 0 Å². The van der Waals surface area contributed by atoms with E-state index in [9.17, 15) is 14.4 Å². The molecule has 2 amide bonds. The lowest BCUT2D eigenvalue weighted by molar-refractivity contribution is -0.125. The third-order valence-corrected chi connectivity index (χ3v) is 5.89. The van der Waals surface area contributed by atoms with Crippen LogP contribution in [0.15, 0.2) is 82.0 Å². The second-order valence-corrected chi connectivity index (χ2v) is 8.54. The molecule has 1 atom stereocenters. The first-order valence-electron chi connectivity index (χ1n) is 11.5. The maximum Gasteiger partial charge on any atom is 0.349 e. The Labute approximate surface area is 207 Å². The zero-order chi connectivity index (χ0) is 25.2. The van der Waals surface area contributed by atoms with E-state index in [1.54, 1.807) is 54.3 Å². The molecule has 2 heterocycles. The highest BCUT2D eigenvalue weighted by molar-refractivity contribution is 6.06. The summed E-state index contributed by atoms with van der Waals surface area (Å²) in [7, 11) is 0. The molecule has 0 saturated carbocycles. The molecular formula is C28H24N2O6. The lowest BCUT2D eigenvalue weighted by atomic mass is 10.1. The van der Waals surface area contributed by atoms with Crippen LogP contribution in [0.2, 0.25) is 0 Å². The highest BCUT2D eigenvalue weighted by atomic mass is 16.5. The number of para-hydroxylation sites is 1. The Balaban J connectivity index is 1.33. The Morgan fingerprint density at radius 2 is 1.86 bits per heavy atom. The van der Waals surface area contributed by atoms with Gasteiger partial charge in [0.1, 0.15) is 29.3 Å². The molecule has 8 heteroatoms. The number of nitrogens with zero attached hydrogens (tertiary/aromatic N) is 1. The molecule has 1 aliphatic heterocycles. The molecule has 0 spiro atoms. The molecular weight excluding hydrogens is 460 g/mol. The number of hydrogen-bond acceptors (Lipinski definition) is 6. The summed E-state index contributed by atoms with van der Waals surface area (Å²) in [5.41, 5.74) is 1.67. The number of rotatable bonds is 6. The molecule has 0 aliphatic carbocycles. The lowest BCUT2D eigenvalue weighted by Gasteiger charge is -2.33. The fourth-order valence-electron chi connectivity index (χ4n) is 4.10. The molecule has 1 aliphatic rings. The third kappa shape index (κ3) is 4.65. The van der Waals surface area contributed by atoms with Crippen molar-refractivity contribution in [2.75, 3.05) is 23.4 Å². The molecule has 3 aromatic carbocycles. The Kier molecular flexibility index (Phi) is 6.16. The maximum absolute atomic E-state index is 12.8. The van der Waals surface area contributed by atoms with E-state index in [1.807, 2.05) is 31.2 Å². The number of carbonyl (C=O) groups excluding carboxylic acids is 2. The first-order valence-corrected chi connectivity index (χ1v) is 11.5. The van der Waals surface area contributed by atoms with E-state index in [4.69, 9.17) is 13.9 Å². The molecule has 36 heavy (non-hydrogen) atoms. The van der Waals surface area contributed by atoms with E-state index < -0.39 is 17.6 Å². The van der Waals surface area contributed by atoms with Crippen LogP contribution in [-0.2, 0) is 4.79 Å². The number of anilines is 2. The molecule has 1 unspecified atom stereocenters. The van der Waals surface area contributed by atoms with Crippen molar-refractivity contribution < 1.29 is 23.5 Å². The summed E-state index contributed by atoms with van der Waals surface area (Å²) in [5, 5.41) is 3.36. The molecule has 5 rings (SSSR count). The average Bonchev–Trinajstić information content (AvgIpc) is 2.86. The number of benzene rings is 3. The predicted molar refractivity (Wildman–Crippen MR) is 136 cm³/mol. The molecule has 0 saturated heterocycles. The largest absolute Gasteiger partial charge is 0.492 e. The van der Waals surface area contributed by atoms with Gasteiger partial charge in [0.25, 0.3) is 11.8 Å². The summed E-state index contributed by atoms with van der Waals surface area (Å²) in [6.45, 7) is 4.29. The van der Waals surface area contributed by atoms with Gasteiger partial charge >= 0.3 is 5.63 Å². The van der Waals surface area contributed by atoms with Crippen LogP contribution in [0, 0.1) is 6.92 Å². The van der Waals surface area contributed by atoms with Gasteiger partial charge in [-0.25, -0.2) is 4.79 Å². The highest BCUT2D eigenvalue weighted by Gasteiger charge is 2.31. The molecule has 4 aromatic rings. The van der Waals surface area contributed by atoms with Gasteiger partial charge in [0.15, 0.2) is 6.10 Å². The summed E-state index contributed by atoms with van der Waals surface area (Å²) in [4.78, 5) is 39.6. The number of hydrogen-bond donors (Lipinski definition) is 1. The number of amides is 2. The van der Waals surface area contributed by atoms with Crippen molar-refractivity contribution in [3.63, 3.8) is 0 Å². The van der Waals surface area contributed by atoms with Crippen LogP contribution < -0.4 is 25.3 Å². The van der Waals surface area contributed by atoms with Crippen LogP contribution in [0.3, 0.4) is 0 Å². The van der Waals surface area contributed by atoms with E-state index in [0.717, 1.165) is 11.3 Å². The van der Waals surface area contributed by atoms with Gasteiger partial charge in [-0.1, -0.05) is 30.3 Å². The van der Waals surface area contributed by atoms with Crippen molar-refractivity contribution in [1.29, 1.82) is 0 Å². The molecule has 182 valence electrons. The third-order valence-electron chi connectivity index (χ3n) is 5.89. The van der Waals surface area contributed by atoms with E-state index in [1.165, 1.54) is 6.07 Å². The second-order valence-electron chi connectivity index (χ2n) is 8.54. The molecule has 0 radical (unpaired) electrons. The number of aryl methyl sites for hydroxylation is 1. The Hall–Kier alpha value is -4.59. The van der Waals surface area contributed by atoms with Gasteiger partial charge in [0, 0.05) is 17.1 Å². The van der Waals surface area contributed by atoms with E-state index in [-0.39, 0.29) is 11.5 Å². The zero-order valence-corrected chi connectivity index (χ0v) is 19.8. The number of ether oxygens (including phenoxy) is 2. The van der Waals surface area contributed by atoms with Crippen molar-refractivity contribution in [1.82, 2.24) is 0 Å². The van der Waals surface area contributed by atoms with E-state index in [2.05, 4.69) is 5.32 Å². The minimum atomic E-state index is -0.723. The topological polar surface area (TPSA) is 98.1 Å². The lowest BCUT2D eigenvalue weighted by Crippen LogP contribution is -2.46. The normalized spacial score (nSPS) is 14.8. The van der Waals surface area contributed by atoms with Gasteiger partial charge in [0.2, 0.25) is 0 Å². The number of fused-ring (bicyclic) bond motifs is 2. The smallest absolute Gasteiger partial charge is 0.349 e. The van der Waals surface area contributed by atoms with Crippen molar-refractivity contribution in [3.05, 3.63) is 94.3 Å².